The number of hydrogen-bond donors (Lipinski definition) is 1. The predicted molar refractivity (Wildman–Crippen MR) is 110 cm³/mol. The van der Waals surface area contributed by atoms with Crippen molar-refractivity contribution in [3.05, 3.63) is 34.5 Å². The van der Waals surface area contributed by atoms with Gasteiger partial charge in [0.15, 0.2) is 5.82 Å². The molecular formula is C18H23BrN4O5S. The van der Waals surface area contributed by atoms with E-state index in [-0.39, 0.29) is 30.4 Å². The molecule has 0 bridgehead atoms. The van der Waals surface area contributed by atoms with Crippen molar-refractivity contribution in [2.24, 2.45) is 0 Å². The Morgan fingerprint density at radius 1 is 1.28 bits per heavy atom. The molecule has 0 atom stereocenters. The fourth-order valence-corrected chi connectivity index (χ4v) is 5.13. The van der Waals surface area contributed by atoms with Gasteiger partial charge in [-0.05, 0) is 32.0 Å². The van der Waals surface area contributed by atoms with E-state index in [2.05, 4.69) is 26.4 Å². The minimum Gasteiger partial charge on any atom is -0.492 e. The number of ether oxygens (including phenoxy) is 1. The van der Waals surface area contributed by atoms with Crippen molar-refractivity contribution >= 4 is 37.7 Å². The van der Waals surface area contributed by atoms with Crippen molar-refractivity contribution in [2.75, 3.05) is 44.6 Å². The van der Waals surface area contributed by atoms with Gasteiger partial charge in [-0.3, -0.25) is 9.69 Å². The molecular weight excluding hydrogens is 464 g/mol. The van der Waals surface area contributed by atoms with Crippen molar-refractivity contribution in [3.63, 3.8) is 0 Å². The van der Waals surface area contributed by atoms with Crippen LogP contribution in [0.15, 0.2) is 38.2 Å². The summed E-state index contributed by atoms with van der Waals surface area (Å²) in [5.41, 5.74) is 0. The topological polar surface area (TPSA) is 105 Å². The number of hydrogen-bond acceptors (Lipinski definition) is 7. The summed E-state index contributed by atoms with van der Waals surface area (Å²) in [6, 6.07) is 6.58. The third kappa shape index (κ3) is 5.35. The van der Waals surface area contributed by atoms with Crippen molar-refractivity contribution in [1.82, 2.24) is 14.4 Å². The molecule has 29 heavy (non-hydrogen) atoms. The lowest BCUT2D eigenvalue weighted by molar-refractivity contribution is -0.117. The van der Waals surface area contributed by atoms with Gasteiger partial charge in [-0.15, -0.1) is 0 Å². The summed E-state index contributed by atoms with van der Waals surface area (Å²) in [5, 5.41) is 6.39. The van der Waals surface area contributed by atoms with Crippen molar-refractivity contribution in [2.45, 2.75) is 18.7 Å². The number of amides is 1. The monoisotopic (exact) mass is 486 g/mol. The number of halogens is 1. The van der Waals surface area contributed by atoms with Gasteiger partial charge in [0.2, 0.25) is 15.9 Å². The number of rotatable bonds is 7. The molecule has 2 aromatic rings. The summed E-state index contributed by atoms with van der Waals surface area (Å²) in [4.78, 5) is 14.2. The van der Waals surface area contributed by atoms with Crippen LogP contribution in [0.5, 0.6) is 5.75 Å². The molecule has 11 heteroatoms. The number of nitrogens with zero attached hydrogens (tertiary/aromatic N) is 3. The average Bonchev–Trinajstić information content (AvgIpc) is 3.08. The highest BCUT2D eigenvalue weighted by atomic mass is 79.9. The maximum atomic E-state index is 13.1. The van der Waals surface area contributed by atoms with E-state index in [1.807, 2.05) is 11.8 Å². The van der Waals surface area contributed by atoms with Gasteiger partial charge < -0.3 is 14.6 Å². The van der Waals surface area contributed by atoms with E-state index < -0.39 is 10.0 Å². The number of carbonyl (C=O) groups is 1. The van der Waals surface area contributed by atoms with Gasteiger partial charge >= 0.3 is 0 Å². The Kier molecular flexibility index (Phi) is 6.93. The van der Waals surface area contributed by atoms with Gasteiger partial charge in [-0.25, -0.2) is 8.42 Å². The number of aromatic nitrogens is 1. The van der Waals surface area contributed by atoms with Crippen LogP contribution in [0.3, 0.4) is 0 Å². The zero-order valence-corrected chi connectivity index (χ0v) is 18.6. The second-order valence-electron chi connectivity index (χ2n) is 6.58. The third-order valence-electron chi connectivity index (χ3n) is 4.42. The number of aryl methyl sites for hydroxylation is 1. The molecule has 1 fully saturated rings. The van der Waals surface area contributed by atoms with Crippen LogP contribution < -0.4 is 10.1 Å². The molecule has 0 spiro atoms. The average molecular weight is 487 g/mol. The minimum atomic E-state index is -3.71. The first kappa shape index (κ1) is 21.8. The van der Waals surface area contributed by atoms with Crippen LogP contribution >= 0.6 is 15.9 Å². The summed E-state index contributed by atoms with van der Waals surface area (Å²) in [6.07, 6.45) is 0. The number of carbonyl (C=O) groups excluding carboxylic acids is 1. The molecule has 1 amide bonds. The Hall–Kier alpha value is -1.95. The van der Waals surface area contributed by atoms with Gasteiger partial charge in [0.25, 0.3) is 0 Å². The second kappa shape index (κ2) is 9.24. The van der Waals surface area contributed by atoms with E-state index in [1.54, 1.807) is 31.2 Å². The minimum absolute atomic E-state index is 0.140. The Labute approximate surface area is 178 Å². The molecule has 9 nitrogen and oxygen atoms in total. The maximum absolute atomic E-state index is 13.1. The molecule has 1 aromatic heterocycles. The zero-order valence-electron chi connectivity index (χ0n) is 16.2. The molecule has 1 aliphatic rings. The van der Waals surface area contributed by atoms with E-state index in [1.165, 1.54) is 4.31 Å². The van der Waals surface area contributed by atoms with E-state index in [4.69, 9.17) is 9.26 Å². The first-order valence-electron chi connectivity index (χ1n) is 9.17. The number of benzene rings is 1. The highest BCUT2D eigenvalue weighted by molar-refractivity contribution is 9.10. The van der Waals surface area contributed by atoms with Crippen LogP contribution in [0.1, 0.15) is 12.7 Å². The van der Waals surface area contributed by atoms with Gasteiger partial charge in [0.1, 0.15) is 16.4 Å². The molecule has 1 N–H and O–H groups in total. The second-order valence-corrected chi connectivity index (χ2v) is 9.40. The fraction of sp³-hybridized carbons (Fsp3) is 0.444. The molecule has 0 saturated carbocycles. The van der Waals surface area contributed by atoms with E-state index in [0.717, 1.165) is 0 Å². The summed E-state index contributed by atoms with van der Waals surface area (Å²) in [6.45, 7) is 5.55. The molecule has 1 aromatic carbocycles. The van der Waals surface area contributed by atoms with Gasteiger partial charge in [-0.1, -0.05) is 21.1 Å². The Morgan fingerprint density at radius 3 is 2.62 bits per heavy atom. The zero-order chi connectivity index (χ0) is 21.0. The van der Waals surface area contributed by atoms with Crippen LogP contribution in [0, 0.1) is 6.92 Å². The molecule has 1 aliphatic heterocycles. The number of anilines is 1. The number of sulfonamides is 1. The van der Waals surface area contributed by atoms with Gasteiger partial charge in [0.05, 0.1) is 13.2 Å². The van der Waals surface area contributed by atoms with Crippen LogP contribution in [-0.2, 0) is 14.8 Å². The maximum Gasteiger partial charge on any atom is 0.246 e. The quantitative estimate of drug-likeness (QED) is 0.638. The lowest BCUT2D eigenvalue weighted by Crippen LogP contribution is -2.50. The molecule has 0 aliphatic carbocycles. The Balaban J connectivity index is 1.61. The Bertz CT molecular complexity index is 970. The van der Waals surface area contributed by atoms with Gasteiger partial charge in [-0.2, -0.15) is 4.31 Å². The van der Waals surface area contributed by atoms with Crippen molar-refractivity contribution < 1.29 is 22.5 Å². The summed E-state index contributed by atoms with van der Waals surface area (Å²) in [7, 11) is -3.71. The fourth-order valence-electron chi connectivity index (χ4n) is 3.04. The van der Waals surface area contributed by atoms with Crippen LogP contribution in [-0.4, -0.2) is 68.0 Å². The van der Waals surface area contributed by atoms with E-state index in [9.17, 15) is 13.2 Å². The summed E-state index contributed by atoms with van der Waals surface area (Å²) in [5.74, 6) is 1.09. The normalized spacial score (nSPS) is 16.0. The molecule has 0 radical (unpaired) electrons. The van der Waals surface area contributed by atoms with E-state index in [0.29, 0.717) is 41.5 Å². The van der Waals surface area contributed by atoms with Crippen LogP contribution in [0.25, 0.3) is 0 Å². The standard InChI is InChI=1S/C18H23BrN4O5S/c1-3-27-15-5-4-14(19)11-16(15)29(25,26)23-8-6-22(7-9-23)12-18(24)20-17-10-13(2)28-21-17/h4-5,10-11H,3,6-9,12H2,1-2H3,(H,20,21,24). The van der Waals surface area contributed by atoms with Crippen molar-refractivity contribution in [3.8, 4) is 5.75 Å². The Morgan fingerprint density at radius 2 is 2.00 bits per heavy atom. The first-order chi connectivity index (χ1) is 13.8. The highest BCUT2D eigenvalue weighted by Crippen LogP contribution is 2.30. The largest absolute Gasteiger partial charge is 0.492 e. The van der Waals surface area contributed by atoms with Crippen LogP contribution in [0.2, 0.25) is 0 Å². The number of nitrogens with one attached hydrogen (secondary N) is 1. The molecule has 0 unspecified atom stereocenters. The molecule has 3 rings (SSSR count). The lowest BCUT2D eigenvalue weighted by atomic mass is 10.3. The third-order valence-corrected chi connectivity index (χ3v) is 6.83. The van der Waals surface area contributed by atoms with E-state index >= 15 is 0 Å². The first-order valence-corrected chi connectivity index (χ1v) is 11.4. The SMILES string of the molecule is CCOc1ccc(Br)cc1S(=O)(=O)N1CCN(CC(=O)Nc2cc(C)on2)CC1. The molecule has 1 saturated heterocycles. The van der Waals surface area contributed by atoms with Crippen molar-refractivity contribution in [1.29, 1.82) is 0 Å². The summed E-state index contributed by atoms with van der Waals surface area (Å²) >= 11 is 3.33. The number of piperazine rings is 1. The molecule has 2 heterocycles. The predicted octanol–water partition coefficient (Wildman–Crippen LogP) is 2.09. The molecule has 158 valence electrons. The van der Waals surface area contributed by atoms with Gasteiger partial charge in [0, 0.05) is 36.7 Å². The van der Waals surface area contributed by atoms with Crippen LogP contribution in [0.4, 0.5) is 5.82 Å². The lowest BCUT2D eigenvalue weighted by Gasteiger charge is -2.33. The smallest absolute Gasteiger partial charge is 0.246 e. The summed E-state index contributed by atoms with van der Waals surface area (Å²) < 4.78 is 38.7. The highest BCUT2D eigenvalue weighted by Gasteiger charge is 2.31.